The van der Waals surface area contributed by atoms with Crippen molar-refractivity contribution in [1.29, 1.82) is 0 Å². The van der Waals surface area contributed by atoms with Crippen LogP contribution in [0.25, 0.3) is 0 Å². The second-order valence-electron chi connectivity index (χ2n) is 2.69. The van der Waals surface area contributed by atoms with Gasteiger partial charge in [-0.2, -0.15) is 13.2 Å². The molecular weight excluding hydrogens is 215 g/mol. The molecule has 0 spiro atoms. The van der Waals surface area contributed by atoms with Crippen molar-refractivity contribution in [3.05, 3.63) is 45.5 Å². The number of rotatable bonds is 3. The third kappa shape index (κ3) is 3.45. The predicted octanol–water partition coefficient (Wildman–Crippen LogP) is 2.41. The first-order chi connectivity index (χ1) is 6.89. The van der Waals surface area contributed by atoms with Gasteiger partial charge in [0.1, 0.15) is 6.61 Å². The molecule has 0 amide bonds. The van der Waals surface area contributed by atoms with E-state index in [4.69, 9.17) is 0 Å². The molecule has 1 aromatic carbocycles. The van der Waals surface area contributed by atoms with E-state index in [9.17, 15) is 23.3 Å². The van der Waals surface area contributed by atoms with Crippen LogP contribution in [0.15, 0.2) is 24.3 Å². The van der Waals surface area contributed by atoms with Gasteiger partial charge in [0.25, 0.3) is 5.09 Å². The Morgan fingerprint density at radius 1 is 1.27 bits per heavy atom. The minimum atomic E-state index is -4.40. The van der Waals surface area contributed by atoms with E-state index >= 15 is 0 Å². The zero-order valence-electron chi connectivity index (χ0n) is 7.32. The van der Waals surface area contributed by atoms with E-state index in [-0.39, 0.29) is 6.61 Å². The summed E-state index contributed by atoms with van der Waals surface area (Å²) in [6.45, 7) is -0.356. The monoisotopic (exact) mass is 221 g/mol. The second-order valence-corrected chi connectivity index (χ2v) is 2.69. The third-order valence-electron chi connectivity index (χ3n) is 1.62. The highest BCUT2D eigenvalue weighted by molar-refractivity contribution is 5.23. The number of benzene rings is 1. The molecule has 82 valence electrons. The van der Waals surface area contributed by atoms with Gasteiger partial charge in [-0.3, -0.25) is 0 Å². The van der Waals surface area contributed by atoms with Crippen LogP contribution in [0.3, 0.4) is 0 Å². The molecule has 0 aliphatic carbocycles. The van der Waals surface area contributed by atoms with E-state index in [2.05, 4.69) is 4.84 Å². The van der Waals surface area contributed by atoms with Crippen molar-refractivity contribution in [2.45, 2.75) is 12.8 Å². The zero-order valence-corrected chi connectivity index (χ0v) is 7.32. The highest BCUT2D eigenvalue weighted by Gasteiger charge is 2.29. The van der Waals surface area contributed by atoms with E-state index in [0.717, 1.165) is 24.3 Å². The van der Waals surface area contributed by atoms with E-state index < -0.39 is 16.8 Å². The lowest BCUT2D eigenvalue weighted by molar-refractivity contribution is -0.763. The van der Waals surface area contributed by atoms with Crippen LogP contribution in [0, 0.1) is 10.1 Å². The van der Waals surface area contributed by atoms with Gasteiger partial charge in [0.05, 0.1) is 5.56 Å². The lowest BCUT2D eigenvalue weighted by Gasteiger charge is -2.06. The SMILES string of the molecule is O=[N+]([O-])OCc1ccc(C(F)(F)F)cc1. The fourth-order valence-electron chi connectivity index (χ4n) is 0.917. The first-order valence-corrected chi connectivity index (χ1v) is 3.83. The van der Waals surface area contributed by atoms with Gasteiger partial charge in [0.15, 0.2) is 0 Å². The van der Waals surface area contributed by atoms with Gasteiger partial charge in [-0.15, -0.1) is 10.1 Å². The van der Waals surface area contributed by atoms with E-state index in [1.807, 2.05) is 0 Å². The van der Waals surface area contributed by atoms with Crippen LogP contribution >= 0.6 is 0 Å². The molecule has 0 saturated heterocycles. The molecular formula is C8H6F3NO3. The van der Waals surface area contributed by atoms with Crippen molar-refractivity contribution < 1.29 is 23.1 Å². The first kappa shape index (κ1) is 11.3. The van der Waals surface area contributed by atoms with Crippen LogP contribution < -0.4 is 0 Å². The molecule has 0 aliphatic heterocycles. The Balaban J connectivity index is 2.69. The Labute approximate surface area is 82.4 Å². The van der Waals surface area contributed by atoms with Gasteiger partial charge < -0.3 is 4.84 Å². The summed E-state index contributed by atoms with van der Waals surface area (Å²) in [6.07, 6.45) is -4.40. The molecule has 0 radical (unpaired) electrons. The van der Waals surface area contributed by atoms with Gasteiger partial charge >= 0.3 is 6.18 Å². The van der Waals surface area contributed by atoms with Gasteiger partial charge in [0.2, 0.25) is 0 Å². The molecule has 15 heavy (non-hydrogen) atoms. The Morgan fingerprint density at radius 2 is 1.80 bits per heavy atom. The van der Waals surface area contributed by atoms with Crippen LogP contribution in [-0.4, -0.2) is 5.09 Å². The largest absolute Gasteiger partial charge is 0.416 e. The molecule has 7 heteroatoms. The molecule has 1 rings (SSSR count). The number of hydrogen-bond donors (Lipinski definition) is 0. The number of hydrogen-bond acceptors (Lipinski definition) is 3. The molecule has 0 aromatic heterocycles. The molecule has 0 saturated carbocycles. The number of nitrogens with zero attached hydrogens (tertiary/aromatic N) is 1. The van der Waals surface area contributed by atoms with Crippen LogP contribution in [-0.2, 0) is 17.6 Å². The fraction of sp³-hybridized carbons (Fsp3) is 0.250. The average Bonchev–Trinajstić information content (AvgIpc) is 2.14. The first-order valence-electron chi connectivity index (χ1n) is 3.83. The minimum absolute atomic E-state index is 0.305. The smallest absolute Gasteiger partial charge is 0.309 e. The standard InChI is InChI=1S/C8H6F3NO3/c9-8(10,11)7-3-1-6(2-4-7)5-15-12(13)14/h1-4H,5H2. The lowest BCUT2D eigenvalue weighted by atomic mass is 10.1. The quantitative estimate of drug-likeness (QED) is 0.581. The van der Waals surface area contributed by atoms with Gasteiger partial charge in [-0.25, -0.2) is 0 Å². The van der Waals surface area contributed by atoms with Crippen molar-refractivity contribution in [1.82, 2.24) is 0 Å². The molecule has 4 nitrogen and oxygen atoms in total. The minimum Gasteiger partial charge on any atom is -0.309 e. The van der Waals surface area contributed by atoms with Gasteiger partial charge in [-0.1, -0.05) is 12.1 Å². The Kier molecular flexibility index (Phi) is 3.13. The fourth-order valence-corrected chi connectivity index (χ4v) is 0.917. The summed E-state index contributed by atoms with van der Waals surface area (Å²) in [4.78, 5) is 13.8. The van der Waals surface area contributed by atoms with Crippen molar-refractivity contribution in [3.63, 3.8) is 0 Å². The van der Waals surface area contributed by atoms with Crippen LogP contribution in [0.5, 0.6) is 0 Å². The van der Waals surface area contributed by atoms with E-state index in [0.29, 0.717) is 5.56 Å². The predicted molar refractivity (Wildman–Crippen MR) is 43.2 cm³/mol. The van der Waals surface area contributed by atoms with Crippen LogP contribution in [0.4, 0.5) is 13.2 Å². The summed E-state index contributed by atoms with van der Waals surface area (Å²) in [5, 5.41) is 8.80. The maximum Gasteiger partial charge on any atom is 0.416 e. The second kappa shape index (κ2) is 4.16. The average molecular weight is 221 g/mol. The molecule has 0 N–H and O–H groups in total. The summed E-state index contributed by atoms with van der Waals surface area (Å²) in [6, 6.07) is 3.95. The van der Waals surface area contributed by atoms with Crippen molar-refractivity contribution in [3.8, 4) is 0 Å². The molecule has 0 fully saturated rings. The van der Waals surface area contributed by atoms with E-state index in [1.54, 1.807) is 0 Å². The number of alkyl halides is 3. The molecule has 0 unspecified atom stereocenters. The maximum absolute atomic E-state index is 12.1. The van der Waals surface area contributed by atoms with Gasteiger partial charge in [-0.05, 0) is 17.7 Å². The van der Waals surface area contributed by atoms with E-state index in [1.165, 1.54) is 0 Å². The van der Waals surface area contributed by atoms with Crippen molar-refractivity contribution in [2.24, 2.45) is 0 Å². The lowest BCUT2D eigenvalue weighted by Crippen LogP contribution is -2.05. The molecule has 1 aromatic rings. The highest BCUT2D eigenvalue weighted by Crippen LogP contribution is 2.29. The Hall–Kier alpha value is -1.79. The number of halogens is 3. The Bertz CT molecular complexity index is 347. The van der Waals surface area contributed by atoms with Crippen LogP contribution in [0.1, 0.15) is 11.1 Å². The molecule has 0 atom stereocenters. The molecule has 0 heterocycles. The molecule has 0 bridgehead atoms. The zero-order chi connectivity index (χ0) is 11.5. The normalized spacial score (nSPS) is 11.1. The summed E-state index contributed by atoms with van der Waals surface area (Å²) in [5.74, 6) is 0. The van der Waals surface area contributed by atoms with Crippen molar-refractivity contribution >= 4 is 0 Å². The maximum atomic E-state index is 12.1. The summed E-state index contributed by atoms with van der Waals surface area (Å²) in [5.41, 5.74) is -0.493. The summed E-state index contributed by atoms with van der Waals surface area (Å²) >= 11 is 0. The molecule has 0 aliphatic rings. The van der Waals surface area contributed by atoms with Crippen LogP contribution in [0.2, 0.25) is 0 Å². The van der Waals surface area contributed by atoms with Gasteiger partial charge in [0, 0.05) is 0 Å². The Morgan fingerprint density at radius 3 is 2.20 bits per heavy atom. The topological polar surface area (TPSA) is 52.4 Å². The summed E-state index contributed by atoms with van der Waals surface area (Å²) in [7, 11) is 0. The highest BCUT2D eigenvalue weighted by atomic mass is 19.4. The summed E-state index contributed by atoms with van der Waals surface area (Å²) < 4.78 is 36.3. The van der Waals surface area contributed by atoms with Crippen molar-refractivity contribution in [2.75, 3.05) is 0 Å². The third-order valence-corrected chi connectivity index (χ3v) is 1.62.